The van der Waals surface area contributed by atoms with Crippen LogP contribution in [0.2, 0.25) is 0 Å². The molecule has 0 spiro atoms. The molecule has 0 heterocycles. The Hall–Kier alpha value is -0.530. The predicted octanol–water partition coefficient (Wildman–Crippen LogP) is 3.07. The Bertz CT molecular complexity index is 195. The van der Waals surface area contributed by atoms with E-state index < -0.39 is 0 Å². The first kappa shape index (κ1) is 12.5. The summed E-state index contributed by atoms with van der Waals surface area (Å²) < 4.78 is 0. The maximum Gasteiger partial charge on any atom is 0.225 e. The molecular formula is C13H25NO. The van der Waals surface area contributed by atoms with E-state index in [1.54, 1.807) is 0 Å². The lowest BCUT2D eigenvalue weighted by atomic mass is 9.88. The van der Waals surface area contributed by atoms with Gasteiger partial charge in [-0.2, -0.15) is 0 Å². The van der Waals surface area contributed by atoms with Crippen molar-refractivity contribution >= 4 is 5.91 Å². The van der Waals surface area contributed by atoms with Crippen molar-refractivity contribution in [2.75, 3.05) is 13.1 Å². The number of carbonyl (C=O) groups is 1. The van der Waals surface area contributed by atoms with E-state index in [1.165, 1.54) is 19.3 Å². The highest BCUT2D eigenvalue weighted by Crippen LogP contribution is 2.25. The monoisotopic (exact) mass is 211 g/mol. The topological polar surface area (TPSA) is 20.3 Å². The quantitative estimate of drug-likeness (QED) is 0.700. The number of hydrogen-bond donors (Lipinski definition) is 0. The lowest BCUT2D eigenvalue weighted by Crippen LogP contribution is -2.39. The SMILES string of the molecule is CCN(CC(C)C)C(=O)C1CCCCC1. The van der Waals surface area contributed by atoms with Crippen LogP contribution in [0.3, 0.4) is 0 Å². The van der Waals surface area contributed by atoms with Gasteiger partial charge in [0.15, 0.2) is 0 Å². The normalized spacial score (nSPS) is 18.1. The molecule has 0 bridgehead atoms. The van der Waals surface area contributed by atoms with Crippen molar-refractivity contribution in [1.29, 1.82) is 0 Å². The first-order chi connectivity index (χ1) is 7.15. The molecule has 0 aromatic rings. The Morgan fingerprint density at radius 2 is 1.87 bits per heavy atom. The van der Waals surface area contributed by atoms with Crippen LogP contribution in [0.15, 0.2) is 0 Å². The molecule has 1 aliphatic rings. The summed E-state index contributed by atoms with van der Waals surface area (Å²) in [6.45, 7) is 8.23. The zero-order valence-corrected chi connectivity index (χ0v) is 10.5. The van der Waals surface area contributed by atoms with Gasteiger partial charge < -0.3 is 4.90 Å². The van der Waals surface area contributed by atoms with Gasteiger partial charge in [-0.25, -0.2) is 0 Å². The van der Waals surface area contributed by atoms with Gasteiger partial charge in [0.05, 0.1) is 0 Å². The lowest BCUT2D eigenvalue weighted by Gasteiger charge is -2.29. The lowest BCUT2D eigenvalue weighted by molar-refractivity contribution is -0.136. The van der Waals surface area contributed by atoms with Crippen molar-refractivity contribution in [3.63, 3.8) is 0 Å². The van der Waals surface area contributed by atoms with Gasteiger partial charge in [0, 0.05) is 19.0 Å². The largest absolute Gasteiger partial charge is 0.342 e. The summed E-state index contributed by atoms with van der Waals surface area (Å²) in [7, 11) is 0. The molecule has 2 nitrogen and oxygen atoms in total. The van der Waals surface area contributed by atoms with Crippen molar-refractivity contribution in [2.45, 2.75) is 52.9 Å². The molecule has 0 radical (unpaired) electrons. The smallest absolute Gasteiger partial charge is 0.225 e. The summed E-state index contributed by atoms with van der Waals surface area (Å²) in [5.74, 6) is 1.32. The summed E-state index contributed by atoms with van der Waals surface area (Å²) >= 11 is 0. The Kier molecular flexibility index (Phi) is 5.13. The average molecular weight is 211 g/mol. The van der Waals surface area contributed by atoms with E-state index in [0.717, 1.165) is 25.9 Å². The number of nitrogens with zero attached hydrogens (tertiary/aromatic N) is 1. The van der Waals surface area contributed by atoms with E-state index in [1.807, 2.05) is 4.90 Å². The number of rotatable bonds is 4. The van der Waals surface area contributed by atoms with Crippen LogP contribution >= 0.6 is 0 Å². The second-order valence-electron chi connectivity index (χ2n) is 5.11. The number of carbonyl (C=O) groups excluding carboxylic acids is 1. The van der Waals surface area contributed by atoms with E-state index in [2.05, 4.69) is 20.8 Å². The van der Waals surface area contributed by atoms with Crippen LogP contribution in [-0.2, 0) is 4.79 Å². The Labute approximate surface area is 94.0 Å². The highest BCUT2D eigenvalue weighted by molar-refractivity contribution is 5.78. The van der Waals surface area contributed by atoms with Gasteiger partial charge in [-0.3, -0.25) is 4.79 Å². The van der Waals surface area contributed by atoms with Crippen molar-refractivity contribution in [2.24, 2.45) is 11.8 Å². The molecule has 0 aromatic heterocycles. The van der Waals surface area contributed by atoms with E-state index in [-0.39, 0.29) is 0 Å². The zero-order chi connectivity index (χ0) is 11.3. The third-order valence-electron chi connectivity index (χ3n) is 3.23. The van der Waals surface area contributed by atoms with Crippen molar-refractivity contribution < 1.29 is 4.79 Å². The summed E-state index contributed by atoms with van der Waals surface area (Å²) in [5.41, 5.74) is 0. The summed E-state index contributed by atoms with van der Waals surface area (Å²) in [4.78, 5) is 14.2. The van der Waals surface area contributed by atoms with Crippen LogP contribution in [0.5, 0.6) is 0 Å². The minimum absolute atomic E-state index is 0.331. The molecule has 0 aliphatic heterocycles. The first-order valence-electron chi connectivity index (χ1n) is 6.44. The maximum absolute atomic E-state index is 12.2. The maximum atomic E-state index is 12.2. The Morgan fingerprint density at radius 1 is 1.27 bits per heavy atom. The second-order valence-corrected chi connectivity index (χ2v) is 5.11. The number of amides is 1. The van der Waals surface area contributed by atoms with Gasteiger partial charge in [0.25, 0.3) is 0 Å². The fourth-order valence-electron chi connectivity index (χ4n) is 2.42. The van der Waals surface area contributed by atoms with Gasteiger partial charge in [-0.15, -0.1) is 0 Å². The van der Waals surface area contributed by atoms with Crippen LogP contribution in [0.4, 0.5) is 0 Å². The highest BCUT2D eigenvalue weighted by Gasteiger charge is 2.25. The van der Waals surface area contributed by atoms with E-state index >= 15 is 0 Å². The van der Waals surface area contributed by atoms with Gasteiger partial charge in [-0.1, -0.05) is 33.1 Å². The molecule has 88 valence electrons. The fourth-order valence-corrected chi connectivity index (χ4v) is 2.42. The third kappa shape index (κ3) is 3.84. The third-order valence-corrected chi connectivity index (χ3v) is 3.23. The van der Waals surface area contributed by atoms with E-state index in [0.29, 0.717) is 17.7 Å². The van der Waals surface area contributed by atoms with Crippen LogP contribution in [0, 0.1) is 11.8 Å². The van der Waals surface area contributed by atoms with Crippen LogP contribution in [0.1, 0.15) is 52.9 Å². The highest BCUT2D eigenvalue weighted by atomic mass is 16.2. The summed E-state index contributed by atoms with van der Waals surface area (Å²) in [6, 6.07) is 0. The van der Waals surface area contributed by atoms with Crippen molar-refractivity contribution in [3.05, 3.63) is 0 Å². The minimum atomic E-state index is 0.331. The number of hydrogen-bond acceptors (Lipinski definition) is 1. The van der Waals surface area contributed by atoms with Gasteiger partial charge in [0.2, 0.25) is 5.91 Å². The molecule has 1 rings (SSSR count). The van der Waals surface area contributed by atoms with Crippen molar-refractivity contribution in [1.82, 2.24) is 4.90 Å². The molecule has 0 aromatic carbocycles. The minimum Gasteiger partial charge on any atom is -0.342 e. The molecule has 1 fully saturated rings. The molecule has 1 saturated carbocycles. The van der Waals surface area contributed by atoms with Gasteiger partial charge in [0.1, 0.15) is 0 Å². The van der Waals surface area contributed by atoms with Crippen LogP contribution in [-0.4, -0.2) is 23.9 Å². The molecule has 15 heavy (non-hydrogen) atoms. The summed E-state index contributed by atoms with van der Waals surface area (Å²) in [6.07, 6.45) is 6.05. The van der Waals surface area contributed by atoms with Crippen LogP contribution < -0.4 is 0 Å². The van der Waals surface area contributed by atoms with E-state index in [9.17, 15) is 4.79 Å². The van der Waals surface area contributed by atoms with Gasteiger partial charge >= 0.3 is 0 Å². The molecule has 2 heteroatoms. The molecular weight excluding hydrogens is 186 g/mol. The Morgan fingerprint density at radius 3 is 2.33 bits per heavy atom. The van der Waals surface area contributed by atoms with E-state index in [4.69, 9.17) is 0 Å². The molecule has 0 saturated heterocycles. The Balaban J connectivity index is 2.47. The predicted molar refractivity (Wildman–Crippen MR) is 63.7 cm³/mol. The molecule has 0 N–H and O–H groups in total. The van der Waals surface area contributed by atoms with Crippen LogP contribution in [0.25, 0.3) is 0 Å². The standard InChI is InChI=1S/C13H25NO/c1-4-14(10-11(2)3)13(15)12-8-6-5-7-9-12/h11-12H,4-10H2,1-3H3. The average Bonchev–Trinajstić information content (AvgIpc) is 2.26. The van der Waals surface area contributed by atoms with Gasteiger partial charge in [-0.05, 0) is 25.7 Å². The van der Waals surface area contributed by atoms with Crippen molar-refractivity contribution in [3.8, 4) is 0 Å². The molecule has 0 atom stereocenters. The summed E-state index contributed by atoms with van der Waals surface area (Å²) in [5, 5.41) is 0. The molecule has 1 amide bonds. The second kappa shape index (κ2) is 6.14. The molecule has 1 aliphatic carbocycles. The first-order valence-corrected chi connectivity index (χ1v) is 6.44. The molecule has 0 unspecified atom stereocenters. The fraction of sp³-hybridized carbons (Fsp3) is 0.923. The zero-order valence-electron chi connectivity index (χ0n) is 10.5.